The Morgan fingerprint density at radius 1 is 1.33 bits per heavy atom. The zero-order valence-electron chi connectivity index (χ0n) is 10.5. The van der Waals surface area contributed by atoms with E-state index in [1.54, 1.807) is 0 Å². The van der Waals surface area contributed by atoms with E-state index in [-0.39, 0.29) is 0 Å². The van der Waals surface area contributed by atoms with E-state index in [1.807, 2.05) is 12.1 Å². The van der Waals surface area contributed by atoms with Crippen molar-refractivity contribution >= 4 is 11.6 Å². The average Bonchev–Trinajstić information content (AvgIpc) is 2.39. The summed E-state index contributed by atoms with van der Waals surface area (Å²) in [6, 6.07) is 6.43. The van der Waals surface area contributed by atoms with Gasteiger partial charge in [0, 0.05) is 19.1 Å². The van der Waals surface area contributed by atoms with E-state index >= 15 is 0 Å². The number of morpholine rings is 1. The van der Waals surface area contributed by atoms with E-state index in [4.69, 9.17) is 16.3 Å². The van der Waals surface area contributed by atoms with Gasteiger partial charge in [0.15, 0.2) is 0 Å². The molecule has 0 radical (unpaired) electrons. The summed E-state index contributed by atoms with van der Waals surface area (Å²) in [6.07, 6.45) is 5.54. The fourth-order valence-corrected chi connectivity index (χ4v) is 3.30. The van der Waals surface area contributed by atoms with E-state index in [0.29, 0.717) is 17.3 Å². The molecule has 2 atom stereocenters. The summed E-state index contributed by atoms with van der Waals surface area (Å²) >= 11 is 5.95. The van der Waals surface area contributed by atoms with Crippen LogP contribution in [0, 0.1) is 0 Å². The maximum absolute atomic E-state index is 5.95. The summed E-state index contributed by atoms with van der Waals surface area (Å²) in [5, 5.41) is 0.584. The number of ether oxygens (including phenoxy) is 1. The normalized spacial score (nSPS) is 28.9. The van der Waals surface area contributed by atoms with Gasteiger partial charge in [-0.05, 0) is 25.0 Å². The molecule has 1 aromatic heterocycles. The highest BCUT2D eigenvalue weighted by Crippen LogP contribution is 2.29. The van der Waals surface area contributed by atoms with Crippen LogP contribution in [0.15, 0.2) is 18.2 Å². The Morgan fingerprint density at radius 2 is 2.22 bits per heavy atom. The molecule has 1 aliphatic heterocycles. The van der Waals surface area contributed by atoms with E-state index in [9.17, 15) is 0 Å². The lowest BCUT2D eigenvalue weighted by Gasteiger charge is -2.43. The highest BCUT2D eigenvalue weighted by Gasteiger charge is 2.34. The minimum atomic E-state index is 0.437. The molecule has 2 fully saturated rings. The van der Waals surface area contributed by atoms with Crippen LogP contribution in [0.4, 0.5) is 0 Å². The van der Waals surface area contributed by atoms with Crippen LogP contribution >= 0.6 is 11.6 Å². The first kappa shape index (κ1) is 12.4. The number of rotatable bonds is 2. The molecule has 1 aliphatic carbocycles. The van der Waals surface area contributed by atoms with E-state index in [2.05, 4.69) is 16.0 Å². The smallest absolute Gasteiger partial charge is 0.129 e. The van der Waals surface area contributed by atoms with Gasteiger partial charge in [0.25, 0.3) is 0 Å². The van der Waals surface area contributed by atoms with E-state index < -0.39 is 0 Å². The van der Waals surface area contributed by atoms with Crippen LogP contribution in [0.5, 0.6) is 0 Å². The van der Waals surface area contributed by atoms with Crippen molar-refractivity contribution in [2.75, 3.05) is 13.2 Å². The first-order chi connectivity index (χ1) is 8.83. The van der Waals surface area contributed by atoms with Crippen molar-refractivity contribution in [2.45, 2.75) is 44.4 Å². The molecule has 4 heteroatoms. The molecule has 18 heavy (non-hydrogen) atoms. The van der Waals surface area contributed by atoms with Gasteiger partial charge in [0.05, 0.1) is 18.4 Å². The number of fused-ring (bicyclic) bond motifs is 1. The van der Waals surface area contributed by atoms with Crippen LogP contribution in [0.25, 0.3) is 0 Å². The molecule has 3 rings (SSSR count). The maximum Gasteiger partial charge on any atom is 0.129 e. The van der Waals surface area contributed by atoms with Crippen LogP contribution in [0.2, 0.25) is 5.15 Å². The third-order valence-electron chi connectivity index (χ3n) is 3.99. The van der Waals surface area contributed by atoms with Gasteiger partial charge in [-0.25, -0.2) is 4.98 Å². The van der Waals surface area contributed by atoms with Crippen molar-refractivity contribution in [3.05, 3.63) is 29.0 Å². The predicted octanol–water partition coefficient (Wildman–Crippen LogP) is 2.88. The average molecular weight is 267 g/mol. The molecule has 1 saturated heterocycles. The van der Waals surface area contributed by atoms with Gasteiger partial charge in [-0.2, -0.15) is 0 Å². The molecular weight excluding hydrogens is 248 g/mol. The summed E-state index contributed by atoms with van der Waals surface area (Å²) < 4.78 is 5.89. The minimum absolute atomic E-state index is 0.437. The summed E-state index contributed by atoms with van der Waals surface area (Å²) in [7, 11) is 0. The Labute approximate surface area is 113 Å². The second kappa shape index (κ2) is 5.55. The van der Waals surface area contributed by atoms with Gasteiger partial charge in [-0.3, -0.25) is 4.90 Å². The molecule has 1 saturated carbocycles. The molecule has 0 amide bonds. The molecular formula is C14H19ClN2O. The van der Waals surface area contributed by atoms with Crippen LogP contribution in [-0.2, 0) is 11.3 Å². The molecule has 3 nitrogen and oxygen atoms in total. The second-order valence-electron chi connectivity index (χ2n) is 5.18. The number of hydrogen-bond acceptors (Lipinski definition) is 3. The zero-order chi connectivity index (χ0) is 12.4. The fraction of sp³-hybridized carbons (Fsp3) is 0.643. The fourth-order valence-electron chi connectivity index (χ4n) is 3.12. The molecule has 0 N–H and O–H groups in total. The zero-order valence-corrected chi connectivity index (χ0v) is 11.3. The Morgan fingerprint density at radius 3 is 3.11 bits per heavy atom. The predicted molar refractivity (Wildman–Crippen MR) is 71.7 cm³/mol. The molecule has 98 valence electrons. The highest BCUT2D eigenvalue weighted by atomic mass is 35.5. The lowest BCUT2D eigenvalue weighted by molar-refractivity contribution is -0.0914. The lowest BCUT2D eigenvalue weighted by atomic mass is 9.90. The van der Waals surface area contributed by atoms with Crippen molar-refractivity contribution in [2.24, 2.45) is 0 Å². The molecule has 2 aliphatic rings. The molecule has 0 bridgehead atoms. The van der Waals surface area contributed by atoms with Gasteiger partial charge in [-0.1, -0.05) is 30.5 Å². The van der Waals surface area contributed by atoms with Crippen LogP contribution in [0.1, 0.15) is 31.4 Å². The van der Waals surface area contributed by atoms with Gasteiger partial charge in [0.2, 0.25) is 0 Å². The van der Waals surface area contributed by atoms with Crippen molar-refractivity contribution in [3.8, 4) is 0 Å². The Bertz CT molecular complexity index is 411. The largest absolute Gasteiger partial charge is 0.375 e. The first-order valence-electron chi connectivity index (χ1n) is 6.80. The van der Waals surface area contributed by atoms with Crippen LogP contribution in [-0.4, -0.2) is 35.2 Å². The molecule has 2 unspecified atom stereocenters. The molecule has 0 spiro atoms. The topological polar surface area (TPSA) is 25.4 Å². The Kier molecular flexibility index (Phi) is 3.83. The number of nitrogens with zero attached hydrogens (tertiary/aromatic N) is 2. The van der Waals surface area contributed by atoms with Crippen molar-refractivity contribution in [1.82, 2.24) is 9.88 Å². The summed E-state index contributed by atoms with van der Waals surface area (Å²) in [4.78, 5) is 6.91. The van der Waals surface area contributed by atoms with E-state index in [0.717, 1.165) is 25.4 Å². The SMILES string of the molecule is Clc1cccc(CN2CCOC3CCCCC32)n1. The van der Waals surface area contributed by atoms with Crippen molar-refractivity contribution in [1.29, 1.82) is 0 Å². The number of halogens is 1. The number of pyridine rings is 1. The second-order valence-corrected chi connectivity index (χ2v) is 5.57. The number of aromatic nitrogens is 1. The monoisotopic (exact) mass is 266 g/mol. The lowest BCUT2D eigenvalue weighted by Crippen LogP contribution is -2.52. The Balaban J connectivity index is 1.71. The quantitative estimate of drug-likeness (QED) is 0.770. The third kappa shape index (κ3) is 2.68. The van der Waals surface area contributed by atoms with Gasteiger partial charge < -0.3 is 4.74 Å². The minimum Gasteiger partial charge on any atom is -0.375 e. The highest BCUT2D eigenvalue weighted by molar-refractivity contribution is 6.29. The molecule has 2 heterocycles. The standard InChI is InChI=1S/C14H19ClN2O/c15-14-7-3-4-11(16-14)10-17-8-9-18-13-6-2-1-5-12(13)17/h3-4,7,12-13H,1-2,5-6,8-10H2. The maximum atomic E-state index is 5.95. The van der Waals surface area contributed by atoms with Gasteiger partial charge in [-0.15, -0.1) is 0 Å². The van der Waals surface area contributed by atoms with Gasteiger partial charge in [0.1, 0.15) is 5.15 Å². The first-order valence-corrected chi connectivity index (χ1v) is 7.18. The summed E-state index contributed by atoms with van der Waals surface area (Å²) in [5.74, 6) is 0. The molecule has 1 aromatic rings. The van der Waals surface area contributed by atoms with Crippen LogP contribution in [0.3, 0.4) is 0 Å². The Hall–Kier alpha value is -0.640. The summed E-state index contributed by atoms with van der Waals surface area (Å²) in [6.45, 7) is 2.75. The van der Waals surface area contributed by atoms with Crippen LogP contribution < -0.4 is 0 Å². The summed E-state index contributed by atoms with van der Waals surface area (Å²) in [5.41, 5.74) is 1.06. The van der Waals surface area contributed by atoms with Gasteiger partial charge >= 0.3 is 0 Å². The molecule has 0 aromatic carbocycles. The van der Waals surface area contributed by atoms with E-state index in [1.165, 1.54) is 25.7 Å². The van der Waals surface area contributed by atoms with Crippen molar-refractivity contribution in [3.63, 3.8) is 0 Å². The number of hydrogen-bond donors (Lipinski definition) is 0. The third-order valence-corrected chi connectivity index (χ3v) is 4.20. The van der Waals surface area contributed by atoms with Crippen molar-refractivity contribution < 1.29 is 4.74 Å².